The quantitative estimate of drug-likeness (QED) is 0.461. The predicted molar refractivity (Wildman–Crippen MR) is 108 cm³/mol. The molecule has 26 heavy (non-hydrogen) atoms. The molecule has 3 rings (SSSR count). The Labute approximate surface area is 164 Å². The van der Waals surface area contributed by atoms with E-state index in [0.29, 0.717) is 24.5 Å². The number of ether oxygens (including phenoxy) is 1. The van der Waals surface area contributed by atoms with Crippen molar-refractivity contribution >= 4 is 36.2 Å². The van der Waals surface area contributed by atoms with E-state index in [4.69, 9.17) is 17.0 Å². The van der Waals surface area contributed by atoms with E-state index in [1.54, 1.807) is 0 Å². The van der Waals surface area contributed by atoms with Crippen molar-refractivity contribution in [2.24, 2.45) is 0 Å². The maximum atomic E-state index is 12.4. The Morgan fingerprint density at radius 2 is 1.73 bits per heavy atom. The van der Waals surface area contributed by atoms with Gasteiger partial charge in [-0.25, -0.2) is 0 Å². The topological polar surface area (TPSA) is 47.0 Å². The molecule has 4 nitrogen and oxygen atoms in total. The molecule has 2 aromatic carbocycles. The van der Waals surface area contributed by atoms with Gasteiger partial charge in [-0.15, -0.1) is 0 Å². The van der Waals surface area contributed by atoms with E-state index < -0.39 is 0 Å². The Morgan fingerprint density at radius 3 is 2.38 bits per heavy atom. The first kappa shape index (κ1) is 18.8. The standard InChI is InChI=1S/C20H20N2O2SSe/c1-2-17-18(23)21-20(25)22(14-24-13-15-9-5-3-6-10-15)19(17)26-16-11-7-4-8-12-16/h3-12H,2,13-14H2,1H3,(H,21,23,25). The number of rotatable bonds is 7. The first-order chi connectivity index (χ1) is 12.7. The van der Waals surface area contributed by atoms with Crippen molar-refractivity contribution in [1.29, 1.82) is 0 Å². The van der Waals surface area contributed by atoms with E-state index in [9.17, 15) is 4.79 Å². The monoisotopic (exact) mass is 432 g/mol. The molecule has 0 saturated carbocycles. The molecule has 0 saturated heterocycles. The van der Waals surface area contributed by atoms with E-state index in [2.05, 4.69) is 17.1 Å². The number of H-pyrrole nitrogens is 1. The number of hydrogen-bond donors (Lipinski definition) is 1. The number of nitrogens with zero attached hydrogens (tertiary/aromatic N) is 1. The molecule has 0 bridgehead atoms. The zero-order chi connectivity index (χ0) is 18.4. The van der Waals surface area contributed by atoms with Crippen LogP contribution in [-0.4, -0.2) is 24.5 Å². The van der Waals surface area contributed by atoms with Crippen LogP contribution in [0.15, 0.2) is 65.5 Å². The van der Waals surface area contributed by atoms with Gasteiger partial charge in [0.1, 0.15) is 0 Å². The van der Waals surface area contributed by atoms with Gasteiger partial charge in [-0.2, -0.15) is 0 Å². The van der Waals surface area contributed by atoms with Gasteiger partial charge in [0.25, 0.3) is 0 Å². The average Bonchev–Trinajstić information content (AvgIpc) is 2.66. The SMILES string of the molecule is CCc1c([Se]c2ccccc2)n(COCc2ccccc2)c(=S)[nH]c1=O. The predicted octanol–water partition coefficient (Wildman–Crippen LogP) is 2.30. The molecule has 0 fully saturated rings. The molecule has 0 aliphatic heterocycles. The van der Waals surface area contributed by atoms with Crippen molar-refractivity contribution in [3.05, 3.63) is 86.9 Å². The van der Waals surface area contributed by atoms with Crippen LogP contribution < -0.4 is 14.6 Å². The molecular weight excluding hydrogens is 411 g/mol. The van der Waals surface area contributed by atoms with Crippen molar-refractivity contribution in [3.8, 4) is 0 Å². The van der Waals surface area contributed by atoms with Crippen molar-refractivity contribution < 1.29 is 4.74 Å². The molecule has 0 aliphatic rings. The Bertz CT molecular complexity index is 969. The van der Waals surface area contributed by atoms with Crippen molar-refractivity contribution in [3.63, 3.8) is 0 Å². The Balaban J connectivity index is 1.90. The molecule has 6 heteroatoms. The first-order valence-corrected chi connectivity index (χ1v) is 10.5. The number of benzene rings is 2. The molecule has 0 amide bonds. The zero-order valence-corrected chi connectivity index (χ0v) is 17.0. The summed E-state index contributed by atoms with van der Waals surface area (Å²) in [6.45, 7) is 2.82. The fourth-order valence-electron chi connectivity index (χ4n) is 2.57. The first-order valence-electron chi connectivity index (χ1n) is 8.39. The van der Waals surface area contributed by atoms with Crippen LogP contribution in [0.4, 0.5) is 0 Å². The van der Waals surface area contributed by atoms with E-state index in [-0.39, 0.29) is 20.5 Å². The van der Waals surface area contributed by atoms with Gasteiger partial charge in [0, 0.05) is 0 Å². The summed E-state index contributed by atoms with van der Waals surface area (Å²) in [7, 11) is 0. The summed E-state index contributed by atoms with van der Waals surface area (Å²) < 4.78 is 10.4. The molecule has 0 atom stereocenters. The summed E-state index contributed by atoms with van der Waals surface area (Å²) in [5.41, 5.74) is 1.80. The van der Waals surface area contributed by atoms with Gasteiger partial charge < -0.3 is 0 Å². The number of nitrogens with one attached hydrogen (secondary N) is 1. The van der Waals surface area contributed by atoms with Gasteiger partial charge in [0.05, 0.1) is 0 Å². The van der Waals surface area contributed by atoms with Crippen LogP contribution in [0.25, 0.3) is 0 Å². The third kappa shape index (κ3) is 4.59. The van der Waals surface area contributed by atoms with Crippen molar-refractivity contribution in [2.45, 2.75) is 26.7 Å². The third-order valence-electron chi connectivity index (χ3n) is 3.89. The minimum atomic E-state index is -0.0929. The maximum absolute atomic E-state index is 12.4. The second kappa shape index (κ2) is 9.10. The fraction of sp³-hybridized carbons (Fsp3) is 0.200. The Morgan fingerprint density at radius 1 is 1.08 bits per heavy atom. The van der Waals surface area contributed by atoms with Crippen molar-refractivity contribution in [2.75, 3.05) is 0 Å². The van der Waals surface area contributed by atoms with Crippen LogP contribution in [0.3, 0.4) is 0 Å². The Kier molecular flexibility index (Phi) is 6.58. The number of hydrogen-bond acceptors (Lipinski definition) is 3. The Hall–Kier alpha value is -1.98. The summed E-state index contributed by atoms with van der Waals surface area (Å²) >= 11 is 5.39. The van der Waals surface area contributed by atoms with Gasteiger partial charge in [0.15, 0.2) is 0 Å². The molecule has 134 valence electrons. The summed E-state index contributed by atoms with van der Waals surface area (Å²) in [6.07, 6.45) is 0.660. The van der Waals surface area contributed by atoms with Crippen LogP contribution in [0, 0.1) is 4.77 Å². The van der Waals surface area contributed by atoms with E-state index in [0.717, 1.165) is 15.7 Å². The molecule has 1 N–H and O–H groups in total. The fourth-order valence-corrected chi connectivity index (χ4v) is 5.31. The second-order valence-electron chi connectivity index (χ2n) is 5.70. The summed E-state index contributed by atoms with van der Waals surface area (Å²) in [4.78, 5) is 15.1. The van der Waals surface area contributed by atoms with Crippen LogP contribution in [0.1, 0.15) is 18.1 Å². The van der Waals surface area contributed by atoms with Crippen molar-refractivity contribution in [1.82, 2.24) is 9.55 Å². The molecule has 0 aliphatic carbocycles. The zero-order valence-electron chi connectivity index (χ0n) is 14.5. The van der Waals surface area contributed by atoms with Gasteiger partial charge in [-0.3, -0.25) is 0 Å². The molecule has 0 spiro atoms. The second-order valence-corrected chi connectivity index (χ2v) is 8.32. The van der Waals surface area contributed by atoms with Gasteiger partial charge >= 0.3 is 164 Å². The number of aromatic nitrogens is 2. The van der Waals surface area contributed by atoms with E-state index in [1.807, 2.05) is 60.0 Å². The van der Waals surface area contributed by atoms with Gasteiger partial charge in [-0.05, 0) is 0 Å². The van der Waals surface area contributed by atoms with Gasteiger partial charge in [-0.1, -0.05) is 0 Å². The van der Waals surface area contributed by atoms with Crippen LogP contribution >= 0.6 is 12.2 Å². The van der Waals surface area contributed by atoms with E-state index >= 15 is 0 Å². The third-order valence-corrected chi connectivity index (χ3v) is 6.66. The molecule has 1 heterocycles. The summed E-state index contributed by atoms with van der Waals surface area (Å²) in [5, 5.41) is 0. The molecule has 0 radical (unpaired) electrons. The minimum absolute atomic E-state index is 0.0233. The molecule has 3 aromatic rings. The number of aromatic amines is 1. The van der Waals surface area contributed by atoms with Crippen LogP contribution in [-0.2, 0) is 24.5 Å². The summed E-state index contributed by atoms with van der Waals surface area (Å²) in [6, 6.07) is 20.2. The molecule has 1 aromatic heterocycles. The molecule has 0 unspecified atom stereocenters. The average molecular weight is 431 g/mol. The van der Waals surface area contributed by atoms with E-state index in [1.165, 1.54) is 4.46 Å². The normalized spacial score (nSPS) is 10.8. The van der Waals surface area contributed by atoms with Crippen LogP contribution in [0.5, 0.6) is 0 Å². The molecular formula is C20H20N2O2SSe. The van der Waals surface area contributed by atoms with Crippen LogP contribution in [0.2, 0.25) is 0 Å². The van der Waals surface area contributed by atoms with Gasteiger partial charge in [0.2, 0.25) is 0 Å². The summed E-state index contributed by atoms with van der Waals surface area (Å²) in [5.74, 6) is 0.